The molecule has 5 rings (SSSR count). The van der Waals surface area contributed by atoms with Gasteiger partial charge in [0.1, 0.15) is 12.4 Å². The lowest BCUT2D eigenvalue weighted by molar-refractivity contribution is 0.262. The highest BCUT2D eigenvalue weighted by Gasteiger charge is 2.40. The van der Waals surface area contributed by atoms with Crippen LogP contribution in [0.25, 0.3) is 10.2 Å². The lowest BCUT2D eigenvalue weighted by Crippen LogP contribution is -2.27. The number of nitrogens with zero attached hydrogens (tertiary/aromatic N) is 2. The molecule has 0 saturated carbocycles. The minimum absolute atomic E-state index is 0.0742. The first-order chi connectivity index (χ1) is 16.3. The van der Waals surface area contributed by atoms with Crippen LogP contribution in [0.15, 0.2) is 54.6 Å². The SMILES string of the molecule is CC1(C)CN(c2ccccc2NC(=O)Nc2nc3ccc(Cl)cc3s2)c2c(O)ccc(CF)c21. The number of alkyl halides is 1. The lowest BCUT2D eigenvalue weighted by Gasteiger charge is -2.25. The number of urea groups is 1. The number of para-hydroxylation sites is 2. The standard InChI is InChI=1S/C25H22ClFN4O2S/c1-25(2)13-31(22-19(32)10-7-14(12-27)21(22)25)18-6-4-3-5-16(18)28-23(33)30-24-29-17-9-8-15(26)11-20(17)34-24/h3-11,32H,12-13H2,1-2H3,(H2,28,29,30,33). The molecule has 3 aromatic carbocycles. The summed E-state index contributed by atoms with van der Waals surface area (Å²) in [5.41, 5.74) is 3.51. The van der Waals surface area contributed by atoms with Gasteiger partial charge in [0.05, 0.1) is 27.3 Å². The predicted octanol–water partition coefficient (Wildman–Crippen LogP) is 7.20. The van der Waals surface area contributed by atoms with E-state index in [1.165, 1.54) is 17.4 Å². The van der Waals surface area contributed by atoms with Gasteiger partial charge >= 0.3 is 6.03 Å². The maximum atomic E-state index is 13.8. The van der Waals surface area contributed by atoms with E-state index in [1.807, 2.05) is 36.9 Å². The molecular weight excluding hydrogens is 475 g/mol. The van der Waals surface area contributed by atoms with E-state index in [-0.39, 0.29) is 5.75 Å². The number of carbonyl (C=O) groups excluding carboxylic acids is 1. The van der Waals surface area contributed by atoms with Crippen LogP contribution in [0, 0.1) is 0 Å². The Labute approximate surface area is 205 Å². The van der Waals surface area contributed by atoms with Gasteiger partial charge in [-0.2, -0.15) is 0 Å². The average molecular weight is 497 g/mol. The lowest BCUT2D eigenvalue weighted by atomic mass is 9.84. The summed E-state index contributed by atoms with van der Waals surface area (Å²) in [6.45, 7) is 3.94. The Morgan fingerprint density at radius 2 is 2.00 bits per heavy atom. The number of benzene rings is 3. The van der Waals surface area contributed by atoms with E-state index in [0.29, 0.717) is 39.3 Å². The van der Waals surface area contributed by atoms with Crippen molar-refractivity contribution in [1.82, 2.24) is 4.98 Å². The summed E-state index contributed by atoms with van der Waals surface area (Å²) in [6.07, 6.45) is 0. The summed E-state index contributed by atoms with van der Waals surface area (Å²) in [4.78, 5) is 19.2. The van der Waals surface area contributed by atoms with Gasteiger partial charge in [0, 0.05) is 17.0 Å². The molecule has 1 aromatic heterocycles. The van der Waals surface area contributed by atoms with Gasteiger partial charge in [0.2, 0.25) is 0 Å². The summed E-state index contributed by atoms with van der Waals surface area (Å²) in [6, 6.07) is 15.4. The molecule has 6 nitrogen and oxygen atoms in total. The van der Waals surface area contributed by atoms with Crippen molar-refractivity contribution >= 4 is 61.4 Å². The van der Waals surface area contributed by atoms with Crippen LogP contribution in [0.1, 0.15) is 25.0 Å². The molecule has 1 aliphatic heterocycles. The summed E-state index contributed by atoms with van der Waals surface area (Å²) in [5.74, 6) is 0.0742. The number of nitrogens with one attached hydrogen (secondary N) is 2. The maximum Gasteiger partial charge on any atom is 0.325 e. The maximum absolute atomic E-state index is 13.8. The molecule has 34 heavy (non-hydrogen) atoms. The molecule has 0 bridgehead atoms. The van der Waals surface area contributed by atoms with Gasteiger partial charge in [0.15, 0.2) is 5.13 Å². The molecular formula is C25H22ClFN4O2S. The van der Waals surface area contributed by atoms with Crippen LogP contribution in [0.5, 0.6) is 5.75 Å². The van der Waals surface area contributed by atoms with Gasteiger partial charge in [-0.1, -0.05) is 55.0 Å². The van der Waals surface area contributed by atoms with Crippen molar-refractivity contribution in [2.45, 2.75) is 25.9 Å². The topological polar surface area (TPSA) is 77.5 Å². The van der Waals surface area contributed by atoms with Crippen LogP contribution in [-0.4, -0.2) is 22.7 Å². The zero-order chi connectivity index (χ0) is 24.0. The first-order valence-electron chi connectivity index (χ1n) is 10.7. The molecule has 2 amide bonds. The highest BCUT2D eigenvalue weighted by molar-refractivity contribution is 7.22. The Bertz CT molecular complexity index is 1420. The number of anilines is 4. The first kappa shape index (κ1) is 22.4. The van der Waals surface area contributed by atoms with Crippen molar-refractivity contribution in [3.05, 3.63) is 70.7 Å². The van der Waals surface area contributed by atoms with Crippen LogP contribution >= 0.6 is 22.9 Å². The Morgan fingerprint density at radius 3 is 2.79 bits per heavy atom. The molecule has 0 spiro atoms. The monoisotopic (exact) mass is 496 g/mol. The molecule has 4 aromatic rings. The van der Waals surface area contributed by atoms with E-state index in [2.05, 4.69) is 15.6 Å². The van der Waals surface area contributed by atoms with Crippen molar-refractivity contribution < 1.29 is 14.3 Å². The van der Waals surface area contributed by atoms with E-state index in [0.717, 1.165) is 15.8 Å². The van der Waals surface area contributed by atoms with Gasteiger partial charge in [-0.15, -0.1) is 0 Å². The van der Waals surface area contributed by atoms with Gasteiger partial charge in [0.25, 0.3) is 0 Å². The number of halogens is 2. The molecule has 0 saturated heterocycles. The molecule has 3 N–H and O–H groups in total. The van der Waals surface area contributed by atoms with Crippen LogP contribution in [0.4, 0.5) is 31.4 Å². The molecule has 174 valence electrons. The van der Waals surface area contributed by atoms with Crippen LogP contribution in [-0.2, 0) is 12.1 Å². The Balaban J connectivity index is 1.45. The fourth-order valence-electron chi connectivity index (χ4n) is 4.54. The fraction of sp³-hybridized carbons (Fsp3) is 0.200. The van der Waals surface area contributed by atoms with Gasteiger partial charge in [-0.25, -0.2) is 14.2 Å². The molecule has 0 atom stereocenters. The Hall–Kier alpha value is -3.36. The predicted molar refractivity (Wildman–Crippen MR) is 137 cm³/mol. The second kappa shape index (κ2) is 8.45. The summed E-state index contributed by atoms with van der Waals surface area (Å²) >= 11 is 7.37. The number of thiazole rings is 1. The number of rotatable bonds is 4. The number of fused-ring (bicyclic) bond motifs is 2. The molecule has 9 heteroatoms. The molecule has 0 radical (unpaired) electrons. The largest absolute Gasteiger partial charge is 0.506 e. The Morgan fingerprint density at radius 1 is 1.21 bits per heavy atom. The van der Waals surface area contributed by atoms with Crippen molar-refractivity contribution in [3.63, 3.8) is 0 Å². The highest BCUT2D eigenvalue weighted by Crippen LogP contribution is 2.51. The normalized spacial score (nSPS) is 14.3. The summed E-state index contributed by atoms with van der Waals surface area (Å²) in [5, 5.41) is 17.4. The van der Waals surface area contributed by atoms with Crippen molar-refractivity contribution in [2.75, 3.05) is 22.1 Å². The summed E-state index contributed by atoms with van der Waals surface area (Å²) in [7, 11) is 0. The van der Waals surface area contributed by atoms with E-state index in [1.54, 1.807) is 30.3 Å². The van der Waals surface area contributed by atoms with Crippen LogP contribution < -0.4 is 15.5 Å². The number of phenolic OH excluding ortho intramolecular Hbond substituents is 1. The first-order valence-corrected chi connectivity index (χ1v) is 11.9. The minimum Gasteiger partial charge on any atom is -0.506 e. The zero-order valence-electron chi connectivity index (χ0n) is 18.5. The number of hydrogen-bond acceptors (Lipinski definition) is 5. The zero-order valence-corrected chi connectivity index (χ0v) is 20.1. The molecule has 2 heterocycles. The summed E-state index contributed by atoms with van der Waals surface area (Å²) < 4.78 is 14.6. The van der Waals surface area contributed by atoms with Crippen molar-refractivity contribution in [1.29, 1.82) is 0 Å². The number of hydrogen-bond donors (Lipinski definition) is 3. The minimum atomic E-state index is -0.616. The Kier molecular flexibility index (Phi) is 5.58. The van der Waals surface area contributed by atoms with Crippen molar-refractivity contribution in [2.24, 2.45) is 0 Å². The quantitative estimate of drug-likeness (QED) is 0.279. The third-order valence-electron chi connectivity index (χ3n) is 5.90. The van der Waals surface area contributed by atoms with E-state index < -0.39 is 18.1 Å². The van der Waals surface area contributed by atoms with E-state index in [9.17, 15) is 14.3 Å². The second-order valence-corrected chi connectivity index (χ2v) is 10.3. The number of carbonyl (C=O) groups is 1. The molecule has 0 aliphatic carbocycles. The number of aromatic nitrogens is 1. The molecule has 0 fully saturated rings. The van der Waals surface area contributed by atoms with E-state index >= 15 is 0 Å². The van der Waals surface area contributed by atoms with Gasteiger partial charge in [-0.3, -0.25) is 5.32 Å². The second-order valence-electron chi connectivity index (χ2n) is 8.80. The smallest absolute Gasteiger partial charge is 0.325 e. The number of amides is 2. The van der Waals surface area contributed by atoms with E-state index in [4.69, 9.17) is 11.6 Å². The fourth-order valence-corrected chi connectivity index (χ4v) is 5.68. The van der Waals surface area contributed by atoms with Gasteiger partial charge < -0.3 is 15.3 Å². The number of phenols is 1. The number of aromatic hydroxyl groups is 1. The highest BCUT2D eigenvalue weighted by atomic mass is 35.5. The molecule has 0 unspecified atom stereocenters. The average Bonchev–Trinajstić information content (AvgIpc) is 3.32. The van der Waals surface area contributed by atoms with Crippen molar-refractivity contribution in [3.8, 4) is 5.75 Å². The molecule has 1 aliphatic rings. The van der Waals surface area contributed by atoms with Crippen LogP contribution in [0.3, 0.4) is 0 Å². The van der Waals surface area contributed by atoms with Crippen LogP contribution in [0.2, 0.25) is 5.02 Å². The third kappa shape index (κ3) is 3.93. The van der Waals surface area contributed by atoms with Gasteiger partial charge in [-0.05, 0) is 47.5 Å². The third-order valence-corrected chi connectivity index (χ3v) is 7.07.